The van der Waals surface area contributed by atoms with Crippen molar-refractivity contribution < 1.29 is 9.50 Å². The summed E-state index contributed by atoms with van der Waals surface area (Å²) in [6.45, 7) is -0.00709. The van der Waals surface area contributed by atoms with Gasteiger partial charge >= 0.3 is 0 Å². The maximum Gasteiger partial charge on any atom is 0.151 e. The summed E-state index contributed by atoms with van der Waals surface area (Å²) in [7, 11) is 1.79. The number of aromatic nitrogens is 2. The number of aliphatic hydroxyl groups excluding tert-OH is 1. The second-order valence-electron chi connectivity index (χ2n) is 3.76. The quantitative estimate of drug-likeness (QED) is 0.818. The van der Waals surface area contributed by atoms with Crippen LogP contribution in [0.2, 0.25) is 0 Å². The number of nitrogens with zero attached hydrogens (tertiary/aromatic N) is 2. The molecule has 0 fully saturated rings. The highest BCUT2D eigenvalue weighted by molar-refractivity contribution is 5.76. The molecule has 0 saturated carbocycles. The minimum absolute atomic E-state index is 0.00709. The van der Waals surface area contributed by atoms with Crippen molar-refractivity contribution in [3.05, 3.63) is 29.8 Å². The monoisotopic (exact) mass is 223 g/mol. The lowest BCUT2D eigenvalue weighted by molar-refractivity contribution is 0.274. The molecule has 16 heavy (non-hydrogen) atoms. The van der Waals surface area contributed by atoms with Gasteiger partial charge in [0.1, 0.15) is 11.3 Å². The first-order valence-corrected chi connectivity index (χ1v) is 5.12. The van der Waals surface area contributed by atoms with Gasteiger partial charge in [-0.05, 0) is 18.6 Å². The first kappa shape index (κ1) is 11.0. The molecule has 2 aromatic rings. The molecular weight excluding hydrogens is 209 g/mol. The number of hydrogen-bond donors (Lipinski definition) is 2. The zero-order chi connectivity index (χ0) is 11.7. The van der Waals surface area contributed by atoms with Gasteiger partial charge in [-0.1, -0.05) is 6.07 Å². The number of benzene rings is 1. The van der Waals surface area contributed by atoms with Gasteiger partial charge in [0.05, 0.1) is 11.6 Å². The van der Waals surface area contributed by atoms with E-state index in [1.165, 1.54) is 6.07 Å². The highest BCUT2D eigenvalue weighted by Gasteiger charge is 2.16. The highest BCUT2D eigenvalue weighted by atomic mass is 19.1. The Morgan fingerprint density at radius 2 is 2.31 bits per heavy atom. The van der Waals surface area contributed by atoms with Crippen LogP contribution in [0.4, 0.5) is 4.39 Å². The van der Waals surface area contributed by atoms with E-state index in [-0.39, 0.29) is 18.5 Å². The van der Waals surface area contributed by atoms with Crippen LogP contribution in [-0.4, -0.2) is 21.3 Å². The van der Waals surface area contributed by atoms with Gasteiger partial charge in [0.15, 0.2) is 5.82 Å². The largest absolute Gasteiger partial charge is 0.396 e. The van der Waals surface area contributed by atoms with Gasteiger partial charge < -0.3 is 15.4 Å². The molecule has 1 atom stereocenters. The maximum absolute atomic E-state index is 13.5. The van der Waals surface area contributed by atoms with Gasteiger partial charge in [0, 0.05) is 13.7 Å². The van der Waals surface area contributed by atoms with E-state index in [9.17, 15) is 4.39 Å². The summed E-state index contributed by atoms with van der Waals surface area (Å²) in [6, 6.07) is 4.43. The van der Waals surface area contributed by atoms with Gasteiger partial charge in [-0.15, -0.1) is 0 Å². The van der Waals surface area contributed by atoms with Crippen molar-refractivity contribution in [2.24, 2.45) is 12.8 Å². The smallest absolute Gasteiger partial charge is 0.151 e. The van der Waals surface area contributed by atoms with Crippen LogP contribution >= 0.6 is 0 Å². The van der Waals surface area contributed by atoms with Crippen molar-refractivity contribution in [3.8, 4) is 0 Å². The number of para-hydroxylation sites is 1. The van der Waals surface area contributed by atoms with Crippen molar-refractivity contribution in [3.63, 3.8) is 0 Å². The summed E-state index contributed by atoms with van der Waals surface area (Å²) in [6.07, 6.45) is 0.415. The van der Waals surface area contributed by atoms with Crippen molar-refractivity contribution >= 4 is 11.0 Å². The van der Waals surface area contributed by atoms with E-state index in [2.05, 4.69) is 4.98 Å². The van der Waals surface area contributed by atoms with Crippen LogP contribution in [0.5, 0.6) is 0 Å². The molecule has 5 heteroatoms. The van der Waals surface area contributed by atoms with Gasteiger partial charge in [-0.2, -0.15) is 0 Å². The van der Waals surface area contributed by atoms with Gasteiger partial charge in [-0.3, -0.25) is 0 Å². The summed E-state index contributed by atoms with van der Waals surface area (Å²) in [5.74, 6) is 0.240. The third-order valence-corrected chi connectivity index (χ3v) is 2.67. The summed E-state index contributed by atoms with van der Waals surface area (Å²) in [5, 5.41) is 8.83. The number of nitrogens with two attached hydrogens (primary N) is 1. The van der Waals surface area contributed by atoms with Crippen molar-refractivity contribution in [1.29, 1.82) is 0 Å². The highest BCUT2D eigenvalue weighted by Crippen LogP contribution is 2.21. The summed E-state index contributed by atoms with van der Waals surface area (Å²) in [4.78, 5) is 4.18. The molecule has 1 unspecified atom stereocenters. The van der Waals surface area contributed by atoms with E-state index in [0.717, 1.165) is 0 Å². The Labute approximate surface area is 92.5 Å². The fraction of sp³-hybridized carbons (Fsp3) is 0.364. The number of fused-ring (bicyclic) bond motifs is 1. The van der Waals surface area contributed by atoms with Crippen LogP contribution in [-0.2, 0) is 7.05 Å². The first-order valence-electron chi connectivity index (χ1n) is 5.12. The van der Waals surface area contributed by atoms with Crippen LogP contribution in [0.1, 0.15) is 18.3 Å². The van der Waals surface area contributed by atoms with Crippen molar-refractivity contribution in [2.75, 3.05) is 6.61 Å². The number of imidazole rings is 1. The van der Waals surface area contributed by atoms with Crippen LogP contribution in [0.15, 0.2) is 18.2 Å². The second-order valence-corrected chi connectivity index (χ2v) is 3.76. The SMILES string of the molecule is Cn1c(C(N)CCO)nc2c(F)cccc21. The molecule has 0 aliphatic carbocycles. The molecule has 1 heterocycles. The molecule has 2 rings (SSSR count). The Morgan fingerprint density at radius 3 is 2.94 bits per heavy atom. The van der Waals surface area contributed by atoms with Crippen LogP contribution in [0.25, 0.3) is 11.0 Å². The summed E-state index contributed by atoms with van der Waals surface area (Å²) in [5.41, 5.74) is 6.89. The molecule has 0 aliphatic rings. The Hall–Kier alpha value is -1.46. The minimum atomic E-state index is -0.373. The van der Waals surface area contributed by atoms with Gasteiger partial charge in [0.2, 0.25) is 0 Å². The van der Waals surface area contributed by atoms with E-state index in [1.807, 2.05) is 0 Å². The van der Waals surface area contributed by atoms with Gasteiger partial charge in [-0.25, -0.2) is 9.37 Å². The molecule has 1 aromatic heterocycles. The molecular formula is C11H14FN3O. The molecule has 0 saturated heterocycles. The Morgan fingerprint density at radius 1 is 1.56 bits per heavy atom. The molecule has 0 spiro atoms. The Bertz CT molecular complexity index is 509. The number of aryl methyl sites for hydroxylation is 1. The van der Waals surface area contributed by atoms with Crippen LogP contribution in [0, 0.1) is 5.82 Å². The van der Waals surface area contributed by atoms with Crippen molar-refractivity contribution in [1.82, 2.24) is 9.55 Å². The van der Waals surface area contributed by atoms with E-state index >= 15 is 0 Å². The zero-order valence-electron chi connectivity index (χ0n) is 9.02. The van der Waals surface area contributed by atoms with E-state index in [4.69, 9.17) is 10.8 Å². The minimum Gasteiger partial charge on any atom is -0.396 e. The molecule has 0 aliphatic heterocycles. The molecule has 4 nitrogen and oxygen atoms in total. The lowest BCUT2D eigenvalue weighted by Gasteiger charge is -2.09. The Kier molecular flexibility index (Phi) is 2.89. The molecule has 0 radical (unpaired) electrons. The average Bonchev–Trinajstić information content (AvgIpc) is 2.59. The average molecular weight is 223 g/mol. The lowest BCUT2D eigenvalue weighted by Crippen LogP contribution is -2.16. The molecule has 0 amide bonds. The molecule has 1 aromatic carbocycles. The fourth-order valence-electron chi connectivity index (χ4n) is 1.80. The summed E-state index contributed by atoms with van der Waals surface area (Å²) >= 11 is 0. The number of rotatable bonds is 3. The Balaban J connectivity index is 2.55. The third-order valence-electron chi connectivity index (χ3n) is 2.67. The number of aliphatic hydroxyl groups is 1. The summed E-state index contributed by atoms with van der Waals surface area (Å²) < 4.78 is 15.2. The van der Waals surface area contributed by atoms with E-state index in [0.29, 0.717) is 23.3 Å². The molecule has 86 valence electrons. The second kappa shape index (κ2) is 4.19. The third kappa shape index (κ3) is 1.68. The molecule has 3 N–H and O–H groups in total. The van der Waals surface area contributed by atoms with E-state index in [1.54, 1.807) is 23.7 Å². The number of hydrogen-bond acceptors (Lipinski definition) is 3. The molecule has 0 bridgehead atoms. The van der Waals surface area contributed by atoms with Crippen molar-refractivity contribution in [2.45, 2.75) is 12.5 Å². The zero-order valence-corrected chi connectivity index (χ0v) is 9.02. The standard InChI is InChI=1S/C11H14FN3O/c1-15-9-4-2-3-7(12)10(9)14-11(15)8(13)5-6-16/h2-4,8,16H,5-6,13H2,1H3. The van der Waals surface area contributed by atoms with E-state index < -0.39 is 0 Å². The van der Waals surface area contributed by atoms with Gasteiger partial charge in [0.25, 0.3) is 0 Å². The maximum atomic E-state index is 13.5. The predicted octanol–water partition coefficient (Wildman–Crippen LogP) is 1.09. The fourth-order valence-corrected chi connectivity index (χ4v) is 1.80. The predicted molar refractivity (Wildman–Crippen MR) is 59.3 cm³/mol. The van der Waals surface area contributed by atoms with Crippen LogP contribution < -0.4 is 5.73 Å². The topological polar surface area (TPSA) is 64.1 Å². The first-order chi connectivity index (χ1) is 7.65. The lowest BCUT2D eigenvalue weighted by atomic mass is 10.2. The number of halogens is 1. The van der Waals surface area contributed by atoms with Crippen LogP contribution in [0.3, 0.4) is 0 Å². The normalized spacial score (nSPS) is 13.2.